The fourth-order valence-corrected chi connectivity index (χ4v) is 6.37. The predicted molar refractivity (Wildman–Crippen MR) is 226 cm³/mol. The molecule has 10 N–H and O–H groups in total. The highest BCUT2D eigenvalue weighted by Crippen LogP contribution is 2.13. The Morgan fingerprint density at radius 2 is 1.13 bits per heavy atom. The van der Waals surface area contributed by atoms with Crippen LogP contribution in [-0.4, -0.2) is 83.1 Å². The van der Waals surface area contributed by atoms with Crippen LogP contribution >= 0.6 is 0 Å². The molecule has 16 heteroatoms. The number of nitrogens with two attached hydrogens (primary N) is 2. The summed E-state index contributed by atoms with van der Waals surface area (Å²) in [5.41, 5.74) is 12.5. The van der Waals surface area contributed by atoms with Crippen LogP contribution in [0.5, 0.6) is 0 Å². The molecule has 0 aliphatic carbocycles. The number of primary amides is 2. The van der Waals surface area contributed by atoms with Gasteiger partial charge in [0.15, 0.2) is 0 Å². The molecule has 1 unspecified atom stereocenters. The SMILES string of the molecule is CCC(C)[C@H](NC(=O)CCCCCCCCCCCNC(=O)[C@H](CC(N)=O)NC(=O)[C@H](Cc1ccccc1)NC(=O)/C=C/C(=O)O)C(=O)N[C@@H](Cc1ccccc1)C(N)=O. The molecule has 0 saturated heterocycles. The van der Waals surface area contributed by atoms with Crippen LogP contribution < -0.4 is 38.1 Å². The van der Waals surface area contributed by atoms with Gasteiger partial charge in [0, 0.05) is 38.0 Å². The number of carboxylic acids is 1. The highest BCUT2D eigenvalue weighted by molar-refractivity contribution is 5.98. The molecule has 0 spiro atoms. The molecule has 2 aromatic carbocycles. The number of carbonyl (C=O) groups excluding carboxylic acids is 7. The van der Waals surface area contributed by atoms with Crippen molar-refractivity contribution in [3.05, 3.63) is 83.9 Å². The minimum absolute atomic E-state index is 0.0418. The van der Waals surface area contributed by atoms with Gasteiger partial charge in [0.05, 0.1) is 6.42 Å². The molecular weight excluding hydrogens is 771 g/mol. The average molecular weight is 834 g/mol. The second kappa shape index (κ2) is 28.4. The lowest BCUT2D eigenvalue weighted by atomic mass is 9.97. The third kappa shape index (κ3) is 21.1. The van der Waals surface area contributed by atoms with Gasteiger partial charge in [-0.25, -0.2) is 4.79 Å². The number of amides is 7. The molecule has 0 radical (unpaired) electrons. The number of hydrogen-bond acceptors (Lipinski definition) is 8. The molecule has 328 valence electrons. The zero-order chi connectivity index (χ0) is 44.3. The molecular formula is C44H63N7O9. The van der Waals surface area contributed by atoms with Crippen molar-refractivity contribution in [3.8, 4) is 0 Å². The average Bonchev–Trinajstić information content (AvgIpc) is 3.21. The Morgan fingerprint density at radius 3 is 1.65 bits per heavy atom. The summed E-state index contributed by atoms with van der Waals surface area (Å²) in [5.74, 6) is -5.75. The van der Waals surface area contributed by atoms with Crippen molar-refractivity contribution in [1.29, 1.82) is 0 Å². The summed E-state index contributed by atoms with van der Waals surface area (Å²) in [5, 5.41) is 22.1. The van der Waals surface area contributed by atoms with Crippen LogP contribution in [0.25, 0.3) is 0 Å². The molecule has 0 saturated carbocycles. The zero-order valence-corrected chi connectivity index (χ0v) is 34.8. The number of hydrogen-bond donors (Lipinski definition) is 8. The maximum absolute atomic E-state index is 13.2. The Hall–Kier alpha value is -6.06. The van der Waals surface area contributed by atoms with E-state index >= 15 is 0 Å². The third-order valence-electron chi connectivity index (χ3n) is 9.97. The van der Waals surface area contributed by atoms with E-state index < -0.39 is 72.0 Å². The van der Waals surface area contributed by atoms with Gasteiger partial charge in [-0.3, -0.25) is 33.6 Å². The first-order chi connectivity index (χ1) is 28.7. The van der Waals surface area contributed by atoms with Crippen molar-refractivity contribution in [2.75, 3.05) is 6.54 Å². The topological polar surface area (TPSA) is 269 Å². The number of carbonyl (C=O) groups is 8. The van der Waals surface area contributed by atoms with Crippen LogP contribution in [0, 0.1) is 5.92 Å². The van der Waals surface area contributed by atoms with Gasteiger partial charge in [0.1, 0.15) is 24.2 Å². The molecule has 0 heterocycles. The third-order valence-corrected chi connectivity index (χ3v) is 9.97. The van der Waals surface area contributed by atoms with E-state index in [-0.39, 0.29) is 31.1 Å². The standard InChI is InChI=1S/C44H63N7O9/c1-3-30(2)40(44(60)49-33(41(46)57)27-31-19-13-11-14-20-31)51-37(53)23-17-9-7-5-4-6-8-10-18-26-47-42(58)35(29-36(45)52)50-43(59)34(28-32-21-15-12-16-22-32)48-38(54)24-25-39(55)56/h11-16,19-22,24-25,30,33-35,40H,3-10,17-18,23,26-29H2,1-2H3,(H2,45,52)(H2,46,57)(H,47,58)(H,48,54)(H,49,60)(H,50,59)(H,51,53)(H,55,56)/b25-24+/t30?,33-,34-,35-,40-/m0/s1. The summed E-state index contributed by atoms with van der Waals surface area (Å²) >= 11 is 0. The number of aliphatic carboxylic acids is 1. The van der Waals surface area contributed by atoms with Crippen LogP contribution in [0.2, 0.25) is 0 Å². The van der Waals surface area contributed by atoms with Crippen LogP contribution in [0.1, 0.15) is 102 Å². The fraction of sp³-hybridized carbons (Fsp3) is 0.500. The van der Waals surface area contributed by atoms with E-state index in [9.17, 15) is 38.4 Å². The van der Waals surface area contributed by atoms with Gasteiger partial charge < -0.3 is 43.2 Å². The minimum Gasteiger partial charge on any atom is -0.478 e. The molecule has 2 aromatic rings. The number of unbranched alkanes of at least 4 members (excludes halogenated alkanes) is 8. The van der Waals surface area contributed by atoms with E-state index in [1.54, 1.807) is 30.3 Å². The predicted octanol–water partition coefficient (Wildman–Crippen LogP) is 2.48. The van der Waals surface area contributed by atoms with Gasteiger partial charge in [-0.05, 0) is 29.9 Å². The van der Waals surface area contributed by atoms with Crippen molar-refractivity contribution in [2.45, 2.75) is 128 Å². The lowest BCUT2D eigenvalue weighted by Crippen LogP contribution is -2.55. The number of benzene rings is 2. The molecule has 0 bridgehead atoms. The quantitative estimate of drug-likeness (QED) is 0.0424. The smallest absolute Gasteiger partial charge is 0.328 e. The Balaban J connectivity index is 1.69. The molecule has 0 aromatic heterocycles. The van der Waals surface area contributed by atoms with Crippen molar-refractivity contribution in [1.82, 2.24) is 26.6 Å². The first kappa shape index (κ1) is 50.1. The maximum atomic E-state index is 13.2. The fourth-order valence-electron chi connectivity index (χ4n) is 6.37. The Morgan fingerprint density at radius 1 is 0.617 bits per heavy atom. The Kier molecular flexibility index (Phi) is 23.7. The monoisotopic (exact) mass is 833 g/mol. The molecule has 5 atom stereocenters. The van der Waals surface area contributed by atoms with E-state index in [1.807, 2.05) is 44.2 Å². The van der Waals surface area contributed by atoms with E-state index in [2.05, 4.69) is 26.6 Å². The Labute approximate surface area is 352 Å². The number of nitrogens with one attached hydrogen (secondary N) is 5. The molecule has 0 fully saturated rings. The van der Waals surface area contributed by atoms with Crippen molar-refractivity contribution in [3.63, 3.8) is 0 Å². The van der Waals surface area contributed by atoms with E-state index in [0.717, 1.165) is 56.6 Å². The molecule has 0 aliphatic heterocycles. The lowest BCUT2D eigenvalue weighted by Gasteiger charge is -2.26. The largest absolute Gasteiger partial charge is 0.478 e. The molecule has 16 nitrogen and oxygen atoms in total. The first-order valence-corrected chi connectivity index (χ1v) is 20.7. The zero-order valence-electron chi connectivity index (χ0n) is 34.8. The summed E-state index contributed by atoms with van der Waals surface area (Å²) in [4.78, 5) is 99.3. The minimum atomic E-state index is -1.34. The van der Waals surface area contributed by atoms with Gasteiger partial charge >= 0.3 is 5.97 Å². The summed E-state index contributed by atoms with van der Waals surface area (Å²) in [6.45, 7) is 4.13. The van der Waals surface area contributed by atoms with Crippen molar-refractivity contribution >= 4 is 47.3 Å². The summed E-state index contributed by atoms with van der Waals surface area (Å²) in [6, 6.07) is 13.9. The van der Waals surface area contributed by atoms with Crippen molar-refractivity contribution < 1.29 is 43.5 Å². The van der Waals surface area contributed by atoms with Gasteiger partial charge in [-0.2, -0.15) is 0 Å². The van der Waals surface area contributed by atoms with Gasteiger partial charge in [0.25, 0.3) is 0 Å². The van der Waals surface area contributed by atoms with Gasteiger partial charge in [-0.1, -0.05) is 126 Å². The summed E-state index contributed by atoms with van der Waals surface area (Å²) in [7, 11) is 0. The second-order valence-corrected chi connectivity index (χ2v) is 15.0. The normalized spacial score (nSPS) is 13.5. The maximum Gasteiger partial charge on any atom is 0.328 e. The van der Waals surface area contributed by atoms with Gasteiger partial charge in [0.2, 0.25) is 41.4 Å². The molecule has 2 rings (SSSR count). The van der Waals surface area contributed by atoms with E-state index in [4.69, 9.17) is 16.6 Å². The highest BCUT2D eigenvalue weighted by atomic mass is 16.4. The molecule has 7 amide bonds. The highest BCUT2D eigenvalue weighted by Gasteiger charge is 2.30. The van der Waals surface area contributed by atoms with Crippen LogP contribution in [0.15, 0.2) is 72.8 Å². The summed E-state index contributed by atoms with van der Waals surface area (Å²) in [6.07, 6.45) is 10.2. The van der Waals surface area contributed by atoms with Crippen LogP contribution in [0.3, 0.4) is 0 Å². The van der Waals surface area contributed by atoms with Crippen LogP contribution in [-0.2, 0) is 51.2 Å². The molecule has 60 heavy (non-hydrogen) atoms. The number of carboxylic acid groups (broad SMARTS) is 1. The van der Waals surface area contributed by atoms with E-state index in [1.165, 1.54) is 0 Å². The number of rotatable bonds is 30. The second-order valence-electron chi connectivity index (χ2n) is 15.0. The molecule has 0 aliphatic rings. The summed E-state index contributed by atoms with van der Waals surface area (Å²) < 4.78 is 0. The Bertz CT molecular complexity index is 1720. The van der Waals surface area contributed by atoms with Crippen LogP contribution in [0.4, 0.5) is 0 Å². The van der Waals surface area contributed by atoms with E-state index in [0.29, 0.717) is 37.4 Å². The lowest BCUT2D eigenvalue weighted by molar-refractivity contribution is -0.133. The van der Waals surface area contributed by atoms with Crippen molar-refractivity contribution in [2.24, 2.45) is 17.4 Å². The first-order valence-electron chi connectivity index (χ1n) is 20.7. The van der Waals surface area contributed by atoms with Gasteiger partial charge in [-0.15, -0.1) is 0 Å².